The van der Waals surface area contributed by atoms with Crippen LogP contribution in [0.3, 0.4) is 0 Å². The van der Waals surface area contributed by atoms with Gasteiger partial charge in [0.05, 0.1) is 17.0 Å². The van der Waals surface area contributed by atoms with E-state index in [0.717, 1.165) is 0 Å². The average Bonchev–Trinajstić information content (AvgIpc) is 2.00. The summed E-state index contributed by atoms with van der Waals surface area (Å²) >= 11 is 3.23. The third-order valence-electron chi connectivity index (χ3n) is 1.57. The molecule has 2 nitrogen and oxygen atoms in total. The molecule has 0 amide bonds. The third-order valence-corrected chi connectivity index (χ3v) is 2.79. The summed E-state index contributed by atoms with van der Waals surface area (Å²) in [4.78, 5) is -0.178. The molecule has 0 aliphatic rings. The molecular weight excluding hydrogens is 196 g/mol. The van der Waals surface area contributed by atoms with Crippen molar-refractivity contribution >= 4 is 15.9 Å². The number of aliphatic hydroxyl groups is 2. The Labute approximate surface area is 70.4 Å². The first-order chi connectivity index (χ1) is 4.63. The summed E-state index contributed by atoms with van der Waals surface area (Å²) in [6.07, 6.45) is 0.477. The van der Waals surface area contributed by atoms with Crippen LogP contribution in [0.2, 0.25) is 0 Å². The van der Waals surface area contributed by atoms with E-state index in [9.17, 15) is 10.2 Å². The van der Waals surface area contributed by atoms with E-state index in [-0.39, 0.29) is 4.83 Å². The van der Waals surface area contributed by atoms with Crippen LogP contribution in [0.4, 0.5) is 0 Å². The van der Waals surface area contributed by atoms with E-state index >= 15 is 0 Å². The van der Waals surface area contributed by atoms with Gasteiger partial charge in [-0.2, -0.15) is 0 Å². The number of halogens is 1. The van der Waals surface area contributed by atoms with Crippen molar-refractivity contribution in [3.8, 4) is 0 Å². The Bertz CT molecular complexity index is 77.7. The van der Waals surface area contributed by atoms with Gasteiger partial charge in [-0.3, -0.25) is 0 Å². The molecule has 0 aliphatic carbocycles. The SMILES string of the molecule is CC[C@@H](O)C(Br)[C@@H](O)CC. The molecule has 0 heterocycles. The van der Waals surface area contributed by atoms with Crippen molar-refractivity contribution in [3.63, 3.8) is 0 Å². The molecule has 0 saturated heterocycles. The standard InChI is InChI=1S/C7H15BrO2/c1-3-5(9)7(8)6(10)4-2/h5-7,9-10H,3-4H2,1-2H3/t5-,6+,7?. The molecule has 62 valence electrons. The summed E-state index contributed by atoms with van der Waals surface area (Å²) in [5, 5.41) is 18.4. The van der Waals surface area contributed by atoms with Gasteiger partial charge in [0.1, 0.15) is 0 Å². The highest BCUT2D eigenvalue weighted by atomic mass is 79.9. The van der Waals surface area contributed by atoms with E-state index in [1.54, 1.807) is 0 Å². The van der Waals surface area contributed by atoms with E-state index in [0.29, 0.717) is 12.8 Å². The molecule has 3 heteroatoms. The minimum Gasteiger partial charge on any atom is -0.392 e. The fourth-order valence-corrected chi connectivity index (χ4v) is 1.45. The van der Waals surface area contributed by atoms with E-state index in [4.69, 9.17) is 0 Å². The zero-order valence-electron chi connectivity index (χ0n) is 6.42. The maximum Gasteiger partial charge on any atom is 0.0687 e. The molecule has 0 aromatic heterocycles. The van der Waals surface area contributed by atoms with Gasteiger partial charge < -0.3 is 10.2 Å². The molecule has 0 bridgehead atoms. The number of rotatable bonds is 4. The number of hydrogen-bond acceptors (Lipinski definition) is 2. The predicted molar refractivity (Wildman–Crippen MR) is 45.3 cm³/mol. The second kappa shape index (κ2) is 5.10. The highest BCUT2D eigenvalue weighted by molar-refractivity contribution is 9.09. The van der Waals surface area contributed by atoms with Crippen LogP contribution in [0.5, 0.6) is 0 Å². The van der Waals surface area contributed by atoms with Gasteiger partial charge in [0, 0.05) is 0 Å². The summed E-state index contributed by atoms with van der Waals surface area (Å²) in [6.45, 7) is 3.78. The second-order valence-electron chi connectivity index (χ2n) is 2.40. The van der Waals surface area contributed by atoms with Gasteiger partial charge in [-0.05, 0) is 12.8 Å². The van der Waals surface area contributed by atoms with Crippen LogP contribution in [0.25, 0.3) is 0 Å². The lowest BCUT2D eigenvalue weighted by Gasteiger charge is -2.19. The van der Waals surface area contributed by atoms with Crippen molar-refractivity contribution in [1.82, 2.24) is 0 Å². The first-order valence-corrected chi connectivity index (χ1v) is 4.55. The van der Waals surface area contributed by atoms with Crippen LogP contribution in [0.15, 0.2) is 0 Å². The Kier molecular flexibility index (Phi) is 5.31. The fourth-order valence-electron chi connectivity index (χ4n) is 0.707. The normalized spacial score (nSPS) is 20.1. The number of hydrogen-bond donors (Lipinski definition) is 2. The first-order valence-electron chi connectivity index (χ1n) is 3.63. The molecule has 0 aromatic rings. The number of aliphatic hydroxyl groups excluding tert-OH is 2. The van der Waals surface area contributed by atoms with Gasteiger partial charge in [-0.15, -0.1) is 0 Å². The van der Waals surface area contributed by atoms with Gasteiger partial charge in [-0.1, -0.05) is 29.8 Å². The van der Waals surface area contributed by atoms with Gasteiger partial charge in [0.25, 0.3) is 0 Å². The smallest absolute Gasteiger partial charge is 0.0687 e. The minimum absolute atomic E-state index is 0.178. The summed E-state index contributed by atoms with van der Waals surface area (Å²) < 4.78 is 0. The summed E-state index contributed by atoms with van der Waals surface area (Å²) in [5.74, 6) is 0. The van der Waals surface area contributed by atoms with Crippen molar-refractivity contribution in [2.75, 3.05) is 0 Å². The monoisotopic (exact) mass is 210 g/mol. The Balaban J connectivity index is 3.69. The van der Waals surface area contributed by atoms with Crippen LogP contribution in [-0.4, -0.2) is 27.2 Å². The average molecular weight is 211 g/mol. The Morgan fingerprint density at radius 1 is 1.10 bits per heavy atom. The molecule has 0 aliphatic heterocycles. The summed E-state index contributed by atoms with van der Waals surface area (Å²) in [6, 6.07) is 0. The largest absolute Gasteiger partial charge is 0.392 e. The third kappa shape index (κ3) is 2.99. The lowest BCUT2D eigenvalue weighted by atomic mass is 10.1. The van der Waals surface area contributed by atoms with Gasteiger partial charge >= 0.3 is 0 Å². The molecular formula is C7H15BrO2. The Morgan fingerprint density at radius 2 is 1.40 bits per heavy atom. The predicted octanol–water partition coefficient (Wildman–Crippen LogP) is 1.29. The second-order valence-corrected chi connectivity index (χ2v) is 3.45. The maximum absolute atomic E-state index is 9.22. The lowest BCUT2D eigenvalue weighted by molar-refractivity contribution is 0.0873. The van der Waals surface area contributed by atoms with Gasteiger partial charge in [-0.25, -0.2) is 0 Å². The zero-order valence-corrected chi connectivity index (χ0v) is 8.00. The molecule has 0 rings (SSSR count). The Morgan fingerprint density at radius 3 is 1.60 bits per heavy atom. The molecule has 3 atom stereocenters. The quantitative estimate of drug-likeness (QED) is 0.688. The molecule has 0 spiro atoms. The fraction of sp³-hybridized carbons (Fsp3) is 1.00. The van der Waals surface area contributed by atoms with Crippen LogP contribution >= 0.6 is 15.9 Å². The van der Waals surface area contributed by atoms with Crippen LogP contribution < -0.4 is 0 Å². The maximum atomic E-state index is 9.22. The van der Waals surface area contributed by atoms with Crippen LogP contribution in [-0.2, 0) is 0 Å². The van der Waals surface area contributed by atoms with Crippen molar-refractivity contribution in [2.45, 2.75) is 43.7 Å². The zero-order chi connectivity index (χ0) is 8.15. The topological polar surface area (TPSA) is 40.5 Å². The van der Waals surface area contributed by atoms with E-state index in [2.05, 4.69) is 15.9 Å². The molecule has 0 radical (unpaired) electrons. The highest BCUT2D eigenvalue weighted by Gasteiger charge is 2.20. The lowest BCUT2D eigenvalue weighted by Crippen LogP contribution is -2.31. The van der Waals surface area contributed by atoms with Crippen molar-refractivity contribution in [1.29, 1.82) is 0 Å². The van der Waals surface area contributed by atoms with Gasteiger partial charge in [0.2, 0.25) is 0 Å². The van der Waals surface area contributed by atoms with Crippen LogP contribution in [0, 0.1) is 0 Å². The molecule has 10 heavy (non-hydrogen) atoms. The molecule has 0 fully saturated rings. The number of alkyl halides is 1. The Hall–Kier alpha value is 0.400. The van der Waals surface area contributed by atoms with Crippen LogP contribution in [0.1, 0.15) is 26.7 Å². The van der Waals surface area contributed by atoms with Crippen molar-refractivity contribution in [3.05, 3.63) is 0 Å². The van der Waals surface area contributed by atoms with Gasteiger partial charge in [0.15, 0.2) is 0 Å². The van der Waals surface area contributed by atoms with E-state index < -0.39 is 12.2 Å². The molecule has 2 N–H and O–H groups in total. The minimum atomic E-state index is -0.435. The van der Waals surface area contributed by atoms with Crippen molar-refractivity contribution in [2.24, 2.45) is 0 Å². The highest BCUT2D eigenvalue weighted by Crippen LogP contribution is 2.15. The molecule has 0 saturated carbocycles. The van der Waals surface area contributed by atoms with Crippen molar-refractivity contribution < 1.29 is 10.2 Å². The van der Waals surface area contributed by atoms with E-state index in [1.807, 2.05) is 13.8 Å². The molecule has 1 unspecified atom stereocenters. The summed E-state index contributed by atoms with van der Waals surface area (Å²) in [5.41, 5.74) is 0. The summed E-state index contributed by atoms with van der Waals surface area (Å²) in [7, 11) is 0. The first kappa shape index (κ1) is 10.4. The van der Waals surface area contributed by atoms with E-state index in [1.165, 1.54) is 0 Å². The molecule has 0 aromatic carbocycles.